The molecule has 0 radical (unpaired) electrons. The number of allylic oxidation sites excluding steroid dienone is 1. The highest BCUT2D eigenvalue weighted by Crippen LogP contribution is 2.20. The average molecular weight is 332 g/mol. The van der Waals surface area contributed by atoms with Crippen LogP contribution in [0.1, 0.15) is 27.3 Å². The van der Waals surface area contributed by atoms with E-state index in [-0.39, 0.29) is 5.78 Å². The van der Waals surface area contributed by atoms with E-state index in [2.05, 4.69) is 5.10 Å². The van der Waals surface area contributed by atoms with Crippen LogP contribution < -0.4 is 4.74 Å². The largest absolute Gasteiger partial charge is 0.497 e. The maximum absolute atomic E-state index is 12.4. The molecule has 25 heavy (non-hydrogen) atoms. The zero-order valence-electron chi connectivity index (χ0n) is 14.6. The van der Waals surface area contributed by atoms with E-state index in [4.69, 9.17) is 4.74 Å². The second-order valence-corrected chi connectivity index (χ2v) is 5.76. The third-order valence-corrected chi connectivity index (χ3v) is 4.12. The number of ketones is 1. The molecule has 3 rings (SSSR count). The highest BCUT2D eigenvalue weighted by Gasteiger charge is 2.11. The number of nitrogens with zero attached hydrogens (tertiary/aromatic N) is 2. The van der Waals surface area contributed by atoms with Gasteiger partial charge in [-0.2, -0.15) is 5.10 Å². The Kier molecular flexibility index (Phi) is 4.80. The lowest BCUT2D eigenvalue weighted by Gasteiger charge is -2.03. The summed E-state index contributed by atoms with van der Waals surface area (Å²) in [6, 6.07) is 17.0. The highest BCUT2D eigenvalue weighted by atomic mass is 16.5. The second kappa shape index (κ2) is 7.18. The first kappa shape index (κ1) is 16.7. The van der Waals surface area contributed by atoms with Gasteiger partial charge in [0, 0.05) is 16.8 Å². The van der Waals surface area contributed by atoms with Crippen molar-refractivity contribution in [2.24, 2.45) is 0 Å². The van der Waals surface area contributed by atoms with Crippen molar-refractivity contribution >= 4 is 11.9 Å². The van der Waals surface area contributed by atoms with Gasteiger partial charge in [-0.05, 0) is 62.4 Å². The van der Waals surface area contributed by atoms with Gasteiger partial charge >= 0.3 is 0 Å². The molecule has 0 unspecified atom stereocenters. The van der Waals surface area contributed by atoms with Gasteiger partial charge < -0.3 is 4.74 Å². The van der Waals surface area contributed by atoms with Gasteiger partial charge in [-0.3, -0.25) is 4.79 Å². The number of carbonyl (C=O) groups is 1. The summed E-state index contributed by atoms with van der Waals surface area (Å²) in [6.45, 7) is 3.95. The molecule has 4 heteroatoms. The molecule has 0 amide bonds. The molecule has 3 aromatic rings. The quantitative estimate of drug-likeness (QED) is 0.514. The molecule has 0 atom stereocenters. The molecule has 0 saturated heterocycles. The third kappa shape index (κ3) is 3.53. The number of rotatable bonds is 5. The van der Waals surface area contributed by atoms with Crippen molar-refractivity contribution in [3.05, 3.63) is 83.2 Å². The van der Waals surface area contributed by atoms with Gasteiger partial charge in [0.05, 0.1) is 18.5 Å². The van der Waals surface area contributed by atoms with Gasteiger partial charge in [0.15, 0.2) is 5.78 Å². The lowest BCUT2D eigenvalue weighted by Crippen LogP contribution is -1.98. The average Bonchev–Trinajstić information content (AvgIpc) is 2.94. The number of methoxy groups -OCH3 is 1. The molecule has 1 aromatic heterocycles. The first-order chi connectivity index (χ1) is 12.1. The van der Waals surface area contributed by atoms with Gasteiger partial charge in [-0.1, -0.05) is 18.2 Å². The van der Waals surface area contributed by atoms with E-state index in [1.54, 1.807) is 37.5 Å². The Balaban J connectivity index is 1.86. The van der Waals surface area contributed by atoms with E-state index in [0.29, 0.717) is 5.56 Å². The number of hydrogen-bond donors (Lipinski definition) is 0. The minimum atomic E-state index is -0.0473. The number of aromatic nitrogens is 2. The van der Waals surface area contributed by atoms with Gasteiger partial charge in [-0.15, -0.1) is 0 Å². The van der Waals surface area contributed by atoms with Gasteiger partial charge in [0.25, 0.3) is 0 Å². The van der Waals surface area contributed by atoms with Crippen LogP contribution in [0.5, 0.6) is 5.75 Å². The fourth-order valence-corrected chi connectivity index (χ4v) is 2.73. The first-order valence-electron chi connectivity index (χ1n) is 8.08. The van der Waals surface area contributed by atoms with Gasteiger partial charge in [0.1, 0.15) is 5.75 Å². The Morgan fingerprint density at radius 2 is 1.72 bits per heavy atom. The molecule has 2 aromatic carbocycles. The van der Waals surface area contributed by atoms with Crippen molar-refractivity contribution in [1.29, 1.82) is 0 Å². The van der Waals surface area contributed by atoms with Crippen LogP contribution in [0, 0.1) is 13.8 Å². The maximum atomic E-state index is 12.4. The molecule has 0 fully saturated rings. The van der Waals surface area contributed by atoms with Crippen LogP contribution in [-0.4, -0.2) is 22.7 Å². The maximum Gasteiger partial charge on any atom is 0.185 e. The Hall–Kier alpha value is -3.14. The van der Waals surface area contributed by atoms with E-state index < -0.39 is 0 Å². The van der Waals surface area contributed by atoms with E-state index in [1.807, 2.05) is 54.9 Å². The molecule has 0 N–H and O–H groups in total. The van der Waals surface area contributed by atoms with Crippen molar-refractivity contribution in [3.8, 4) is 11.4 Å². The Labute approximate surface area is 147 Å². The summed E-state index contributed by atoms with van der Waals surface area (Å²) < 4.78 is 7.01. The van der Waals surface area contributed by atoms with E-state index in [9.17, 15) is 4.79 Å². The number of aryl methyl sites for hydroxylation is 1. The third-order valence-electron chi connectivity index (χ3n) is 4.12. The fourth-order valence-electron chi connectivity index (χ4n) is 2.73. The number of carbonyl (C=O) groups excluding carboxylic acids is 1. The Bertz CT molecular complexity index is 907. The standard InChI is InChI=1S/C21H20N2O2/c1-15-20(16(2)23(22-15)18-7-5-4-6-8-18)13-14-21(24)17-9-11-19(25-3)12-10-17/h4-14H,1-3H3/b14-13+. The van der Waals surface area contributed by atoms with Crippen molar-refractivity contribution < 1.29 is 9.53 Å². The first-order valence-corrected chi connectivity index (χ1v) is 8.08. The number of ether oxygens (including phenoxy) is 1. The zero-order chi connectivity index (χ0) is 17.8. The monoisotopic (exact) mass is 332 g/mol. The summed E-state index contributed by atoms with van der Waals surface area (Å²) in [7, 11) is 1.60. The van der Waals surface area contributed by atoms with Crippen LogP contribution in [0.4, 0.5) is 0 Å². The summed E-state index contributed by atoms with van der Waals surface area (Å²) >= 11 is 0. The van der Waals surface area contributed by atoms with E-state index in [1.165, 1.54) is 0 Å². The minimum absolute atomic E-state index is 0.0473. The fraction of sp³-hybridized carbons (Fsp3) is 0.143. The van der Waals surface area contributed by atoms with E-state index in [0.717, 1.165) is 28.4 Å². The summed E-state index contributed by atoms with van der Waals surface area (Å²) in [5.41, 5.74) is 4.49. The lowest BCUT2D eigenvalue weighted by molar-refractivity contribution is 0.104. The molecule has 0 spiro atoms. The predicted octanol–water partition coefficient (Wildman–Crippen LogP) is 4.39. The van der Waals surface area contributed by atoms with Gasteiger partial charge in [-0.25, -0.2) is 4.68 Å². The number of benzene rings is 2. The topological polar surface area (TPSA) is 44.1 Å². The molecule has 4 nitrogen and oxygen atoms in total. The van der Waals surface area contributed by atoms with Crippen molar-refractivity contribution in [1.82, 2.24) is 9.78 Å². The summed E-state index contributed by atoms with van der Waals surface area (Å²) in [5.74, 6) is 0.685. The van der Waals surface area contributed by atoms with Gasteiger partial charge in [0.2, 0.25) is 0 Å². The smallest absolute Gasteiger partial charge is 0.185 e. The molecule has 126 valence electrons. The van der Waals surface area contributed by atoms with Crippen molar-refractivity contribution in [2.45, 2.75) is 13.8 Å². The van der Waals surface area contributed by atoms with Crippen LogP contribution in [0.15, 0.2) is 60.7 Å². The minimum Gasteiger partial charge on any atom is -0.497 e. The lowest BCUT2D eigenvalue weighted by atomic mass is 10.1. The highest BCUT2D eigenvalue weighted by molar-refractivity contribution is 6.07. The van der Waals surface area contributed by atoms with Crippen molar-refractivity contribution in [2.75, 3.05) is 7.11 Å². The normalized spacial score (nSPS) is 11.0. The predicted molar refractivity (Wildman–Crippen MR) is 99.4 cm³/mol. The summed E-state index contributed by atoms with van der Waals surface area (Å²) in [5, 5.41) is 4.59. The SMILES string of the molecule is COc1ccc(C(=O)/C=C/c2c(C)nn(-c3ccccc3)c2C)cc1. The second-order valence-electron chi connectivity index (χ2n) is 5.76. The van der Waals surface area contributed by atoms with Crippen LogP contribution >= 0.6 is 0 Å². The molecule has 0 aliphatic rings. The van der Waals surface area contributed by atoms with Crippen molar-refractivity contribution in [3.63, 3.8) is 0 Å². The molecule has 1 heterocycles. The molecule has 0 aliphatic heterocycles. The Morgan fingerprint density at radius 3 is 2.36 bits per heavy atom. The molecular weight excluding hydrogens is 312 g/mol. The summed E-state index contributed by atoms with van der Waals surface area (Å²) in [6.07, 6.45) is 3.43. The zero-order valence-corrected chi connectivity index (χ0v) is 14.6. The molecule has 0 saturated carbocycles. The molecule has 0 aliphatic carbocycles. The number of para-hydroxylation sites is 1. The summed E-state index contributed by atoms with van der Waals surface area (Å²) in [4.78, 5) is 12.4. The van der Waals surface area contributed by atoms with Crippen LogP contribution in [0.3, 0.4) is 0 Å². The Morgan fingerprint density at radius 1 is 1.04 bits per heavy atom. The number of hydrogen-bond acceptors (Lipinski definition) is 3. The molecule has 0 bridgehead atoms. The molecular formula is C21H20N2O2. The van der Waals surface area contributed by atoms with Crippen LogP contribution in [0.2, 0.25) is 0 Å². The van der Waals surface area contributed by atoms with Crippen LogP contribution in [0.25, 0.3) is 11.8 Å². The van der Waals surface area contributed by atoms with Crippen LogP contribution in [-0.2, 0) is 0 Å². The van der Waals surface area contributed by atoms with E-state index >= 15 is 0 Å².